The zero-order valence-electron chi connectivity index (χ0n) is 11.3. The van der Waals surface area contributed by atoms with E-state index in [1.54, 1.807) is 29.1 Å². The van der Waals surface area contributed by atoms with Crippen LogP contribution in [0.1, 0.15) is 23.8 Å². The van der Waals surface area contributed by atoms with Gasteiger partial charge in [-0.3, -0.25) is 4.79 Å². The summed E-state index contributed by atoms with van der Waals surface area (Å²) in [6.07, 6.45) is 1.77. The molecule has 0 aliphatic carbocycles. The zero-order chi connectivity index (χ0) is 14.5. The Hall–Kier alpha value is -2.34. The molecule has 1 amide bonds. The third-order valence-electron chi connectivity index (χ3n) is 2.95. The number of nitrogen functional groups attached to an aromatic ring is 1. The van der Waals surface area contributed by atoms with Crippen molar-refractivity contribution in [2.24, 2.45) is 0 Å². The van der Waals surface area contributed by atoms with Crippen LogP contribution in [0.4, 0.5) is 5.69 Å². The molecule has 20 heavy (non-hydrogen) atoms. The lowest BCUT2D eigenvalue weighted by Gasteiger charge is -2.08. The van der Waals surface area contributed by atoms with Crippen LogP contribution < -0.4 is 11.1 Å². The predicted octanol–water partition coefficient (Wildman–Crippen LogP) is 0.955. The highest BCUT2D eigenvalue weighted by Crippen LogP contribution is 2.10. The predicted molar refractivity (Wildman–Crippen MR) is 76.6 cm³/mol. The first-order valence-electron chi connectivity index (χ1n) is 6.48. The van der Waals surface area contributed by atoms with Gasteiger partial charge in [-0.25, -0.2) is 4.68 Å². The van der Waals surface area contributed by atoms with Gasteiger partial charge in [0.1, 0.15) is 0 Å². The minimum atomic E-state index is -0.530. The highest BCUT2D eigenvalue weighted by Gasteiger charge is 2.11. The van der Waals surface area contributed by atoms with E-state index < -0.39 is 6.10 Å². The number of aliphatic hydroxyl groups excluding tert-OH is 1. The Labute approximate surface area is 117 Å². The highest BCUT2D eigenvalue weighted by molar-refractivity contribution is 5.92. The molecule has 0 aliphatic heterocycles. The number of carbonyl (C=O) groups excluding carboxylic acids is 1. The first kappa shape index (κ1) is 14.1. The molecular formula is C14H18N4O2. The Kier molecular flexibility index (Phi) is 4.37. The van der Waals surface area contributed by atoms with E-state index in [4.69, 9.17) is 5.73 Å². The average molecular weight is 274 g/mol. The fourth-order valence-electron chi connectivity index (χ4n) is 1.66. The van der Waals surface area contributed by atoms with Gasteiger partial charge in [-0.05, 0) is 36.8 Å². The number of nitrogens with two attached hydrogens (primary N) is 1. The molecule has 0 spiro atoms. The Bertz CT molecular complexity index is 577. The minimum Gasteiger partial charge on any atom is -0.399 e. The molecule has 0 radical (unpaired) electrons. The lowest BCUT2D eigenvalue weighted by molar-refractivity contribution is 0.0908. The molecule has 6 heteroatoms. The van der Waals surface area contributed by atoms with Crippen molar-refractivity contribution in [3.63, 3.8) is 0 Å². The van der Waals surface area contributed by atoms with Crippen LogP contribution in [0.5, 0.6) is 0 Å². The number of hydrogen-bond acceptors (Lipinski definition) is 4. The monoisotopic (exact) mass is 274 g/mol. The van der Waals surface area contributed by atoms with Gasteiger partial charge in [-0.1, -0.05) is 6.92 Å². The summed E-state index contributed by atoms with van der Waals surface area (Å²) in [6.45, 7) is 2.08. The van der Waals surface area contributed by atoms with E-state index in [9.17, 15) is 9.90 Å². The molecular weight excluding hydrogens is 256 g/mol. The number of carbonyl (C=O) groups is 1. The molecule has 6 nitrogen and oxygen atoms in total. The third kappa shape index (κ3) is 3.36. The Balaban J connectivity index is 2.05. The van der Waals surface area contributed by atoms with Gasteiger partial charge in [0, 0.05) is 18.4 Å². The molecule has 106 valence electrons. The smallest absolute Gasteiger partial charge is 0.271 e. The maximum atomic E-state index is 11.8. The normalized spacial score (nSPS) is 12.1. The molecule has 1 heterocycles. The van der Waals surface area contributed by atoms with Crippen LogP contribution in [0, 0.1) is 0 Å². The zero-order valence-corrected chi connectivity index (χ0v) is 11.3. The van der Waals surface area contributed by atoms with Crippen LogP contribution in [-0.2, 0) is 0 Å². The molecule has 0 saturated heterocycles. The second-order valence-electron chi connectivity index (χ2n) is 4.51. The van der Waals surface area contributed by atoms with Crippen LogP contribution in [0.25, 0.3) is 5.69 Å². The maximum absolute atomic E-state index is 11.8. The molecule has 2 rings (SSSR count). The summed E-state index contributed by atoms with van der Waals surface area (Å²) >= 11 is 0. The van der Waals surface area contributed by atoms with Crippen molar-refractivity contribution in [1.29, 1.82) is 0 Å². The van der Waals surface area contributed by atoms with Crippen molar-refractivity contribution >= 4 is 11.6 Å². The molecule has 0 aliphatic rings. The summed E-state index contributed by atoms with van der Waals surface area (Å²) in [5, 5.41) is 16.2. The summed E-state index contributed by atoms with van der Waals surface area (Å²) in [7, 11) is 0. The van der Waals surface area contributed by atoms with Crippen LogP contribution in [-0.4, -0.2) is 33.4 Å². The van der Waals surface area contributed by atoms with Gasteiger partial charge < -0.3 is 16.2 Å². The van der Waals surface area contributed by atoms with Gasteiger partial charge >= 0.3 is 0 Å². The van der Waals surface area contributed by atoms with Crippen molar-refractivity contribution in [3.8, 4) is 5.69 Å². The van der Waals surface area contributed by atoms with Gasteiger partial charge in [0.25, 0.3) is 5.91 Å². The molecule has 1 unspecified atom stereocenters. The van der Waals surface area contributed by atoms with E-state index in [0.717, 1.165) is 5.69 Å². The Morgan fingerprint density at radius 2 is 2.10 bits per heavy atom. The van der Waals surface area contributed by atoms with Crippen molar-refractivity contribution in [3.05, 3.63) is 42.2 Å². The van der Waals surface area contributed by atoms with Crippen molar-refractivity contribution < 1.29 is 9.90 Å². The van der Waals surface area contributed by atoms with E-state index in [0.29, 0.717) is 17.8 Å². The van der Waals surface area contributed by atoms with Crippen LogP contribution >= 0.6 is 0 Å². The van der Waals surface area contributed by atoms with Crippen LogP contribution in [0.15, 0.2) is 36.5 Å². The highest BCUT2D eigenvalue weighted by atomic mass is 16.3. The van der Waals surface area contributed by atoms with Crippen molar-refractivity contribution in [1.82, 2.24) is 15.1 Å². The van der Waals surface area contributed by atoms with Crippen molar-refractivity contribution in [2.75, 3.05) is 12.3 Å². The standard InChI is InChI=1S/C14H18N4O2/c1-2-12(19)9-16-14(20)13-7-8-18(17-13)11-5-3-10(15)4-6-11/h3-8,12,19H,2,9,15H2,1H3,(H,16,20). The summed E-state index contributed by atoms with van der Waals surface area (Å²) in [4.78, 5) is 11.8. The van der Waals surface area contributed by atoms with Gasteiger partial charge in [0.2, 0.25) is 0 Å². The van der Waals surface area contributed by atoms with E-state index in [1.165, 1.54) is 0 Å². The van der Waals surface area contributed by atoms with Gasteiger partial charge in [0.15, 0.2) is 5.69 Å². The number of anilines is 1. The SMILES string of the molecule is CCC(O)CNC(=O)c1ccn(-c2ccc(N)cc2)n1. The molecule has 1 aromatic carbocycles. The topological polar surface area (TPSA) is 93.2 Å². The summed E-state index contributed by atoms with van der Waals surface area (Å²) in [5.41, 5.74) is 7.43. The summed E-state index contributed by atoms with van der Waals surface area (Å²) in [5.74, 6) is -0.299. The number of aromatic nitrogens is 2. The first-order chi connectivity index (χ1) is 9.60. The first-order valence-corrected chi connectivity index (χ1v) is 6.48. The molecule has 0 bridgehead atoms. The van der Waals surface area contributed by atoms with Gasteiger partial charge in [-0.15, -0.1) is 0 Å². The fraction of sp³-hybridized carbons (Fsp3) is 0.286. The second kappa shape index (κ2) is 6.21. The minimum absolute atomic E-state index is 0.226. The molecule has 1 aromatic heterocycles. The Morgan fingerprint density at radius 1 is 1.40 bits per heavy atom. The summed E-state index contributed by atoms with van der Waals surface area (Å²) in [6, 6.07) is 8.82. The third-order valence-corrected chi connectivity index (χ3v) is 2.95. The van der Waals surface area contributed by atoms with Crippen molar-refractivity contribution in [2.45, 2.75) is 19.4 Å². The lowest BCUT2D eigenvalue weighted by atomic mass is 10.3. The van der Waals surface area contributed by atoms with Gasteiger partial charge in [-0.2, -0.15) is 5.10 Å². The van der Waals surface area contributed by atoms with E-state index in [-0.39, 0.29) is 12.5 Å². The second-order valence-corrected chi connectivity index (χ2v) is 4.51. The molecule has 1 atom stereocenters. The van der Waals surface area contributed by atoms with E-state index in [1.807, 2.05) is 19.1 Å². The number of hydrogen-bond donors (Lipinski definition) is 3. The molecule has 4 N–H and O–H groups in total. The fourth-order valence-corrected chi connectivity index (χ4v) is 1.66. The van der Waals surface area contributed by atoms with E-state index in [2.05, 4.69) is 10.4 Å². The molecule has 2 aromatic rings. The number of aliphatic hydroxyl groups is 1. The summed E-state index contributed by atoms with van der Waals surface area (Å²) < 4.78 is 1.60. The number of rotatable bonds is 5. The Morgan fingerprint density at radius 3 is 2.75 bits per heavy atom. The van der Waals surface area contributed by atoms with Crippen LogP contribution in [0.2, 0.25) is 0 Å². The number of amides is 1. The average Bonchev–Trinajstić information content (AvgIpc) is 2.95. The largest absolute Gasteiger partial charge is 0.399 e. The van der Waals surface area contributed by atoms with E-state index >= 15 is 0 Å². The van der Waals surface area contributed by atoms with Gasteiger partial charge in [0.05, 0.1) is 11.8 Å². The maximum Gasteiger partial charge on any atom is 0.271 e. The number of nitrogens with zero attached hydrogens (tertiary/aromatic N) is 2. The quantitative estimate of drug-likeness (QED) is 0.708. The lowest BCUT2D eigenvalue weighted by Crippen LogP contribution is -2.32. The molecule has 0 saturated carbocycles. The molecule has 0 fully saturated rings. The number of benzene rings is 1. The van der Waals surface area contributed by atoms with Crippen LogP contribution in [0.3, 0.4) is 0 Å². The number of nitrogens with one attached hydrogen (secondary N) is 1.